The van der Waals surface area contributed by atoms with Crippen LogP contribution in [0.5, 0.6) is 5.88 Å². The van der Waals surface area contributed by atoms with E-state index in [1.54, 1.807) is 24.3 Å². The molecule has 2 aromatic carbocycles. The van der Waals surface area contributed by atoms with Crippen molar-refractivity contribution >= 4 is 22.1 Å². The molecule has 0 spiro atoms. The molecular weight excluding hydrogens is 468 g/mol. The number of aromatic amines is 1. The first-order valence-corrected chi connectivity index (χ1v) is 11.2. The molecule has 0 amide bonds. The van der Waals surface area contributed by atoms with Crippen molar-refractivity contribution in [2.75, 3.05) is 7.11 Å². The molecule has 0 atom stereocenters. The number of benzene rings is 2. The van der Waals surface area contributed by atoms with Gasteiger partial charge in [-0.15, -0.1) is 0 Å². The summed E-state index contributed by atoms with van der Waals surface area (Å²) >= 11 is 0. The van der Waals surface area contributed by atoms with Crippen LogP contribution in [0.1, 0.15) is 34.0 Å². The van der Waals surface area contributed by atoms with Gasteiger partial charge in [-0.05, 0) is 30.2 Å². The van der Waals surface area contributed by atoms with Gasteiger partial charge in [-0.1, -0.05) is 36.4 Å². The lowest BCUT2D eigenvalue weighted by Crippen LogP contribution is -2.38. The van der Waals surface area contributed by atoms with Crippen molar-refractivity contribution in [1.29, 1.82) is 0 Å². The lowest BCUT2D eigenvalue weighted by molar-refractivity contribution is 0.101. The molecule has 0 fully saturated rings. The summed E-state index contributed by atoms with van der Waals surface area (Å²) in [6.07, 6.45) is -1.30. The molecule has 11 nitrogen and oxygen atoms in total. The third-order valence-corrected chi connectivity index (χ3v) is 5.77. The molecule has 1 aromatic heterocycles. The zero-order valence-corrected chi connectivity index (χ0v) is 18.9. The van der Waals surface area contributed by atoms with E-state index in [0.29, 0.717) is 16.7 Å². The lowest BCUT2D eigenvalue weighted by atomic mass is 10.1. The molecule has 0 unspecified atom stereocenters. The van der Waals surface area contributed by atoms with Crippen molar-refractivity contribution in [2.45, 2.75) is 24.8 Å². The van der Waals surface area contributed by atoms with Gasteiger partial charge in [-0.25, -0.2) is 9.59 Å². The smallest absolute Gasteiger partial charge is 0.437 e. The van der Waals surface area contributed by atoms with E-state index in [2.05, 4.69) is 9.72 Å². The van der Waals surface area contributed by atoms with Crippen LogP contribution in [0, 0.1) is 0 Å². The lowest BCUT2D eigenvalue weighted by Gasteiger charge is -2.12. The molecule has 0 saturated heterocycles. The molecule has 0 aliphatic carbocycles. The fraction of sp³-hybridized carbons (Fsp3) is 0.182. The average Bonchev–Trinajstić information content (AvgIpc) is 2.79. The highest BCUT2D eigenvalue weighted by Gasteiger charge is 2.19. The van der Waals surface area contributed by atoms with E-state index in [9.17, 15) is 27.6 Å². The molecule has 34 heavy (non-hydrogen) atoms. The maximum atomic E-state index is 13.2. The molecular formula is C22H20N2O9S. The topological polar surface area (TPSA) is 162 Å². The predicted molar refractivity (Wildman–Crippen MR) is 119 cm³/mol. The van der Waals surface area contributed by atoms with Gasteiger partial charge in [0.2, 0.25) is 5.88 Å². The van der Waals surface area contributed by atoms with Gasteiger partial charge in [0.15, 0.2) is 5.78 Å². The second-order valence-corrected chi connectivity index (χ2v) is 8.66. The number of nitrogens with one attached hydrogen (secondary N) is 1. The monoisotopic (exact) mass is 488 g/mol. The van der Waals surface area contributed by atoms with E-state index in [1.807, 2.05) is 0 Å². The molecule has 178 valence electrons. The van der Waals surface area contributed by atoms with Crippen molar-refractivity contribution in [3.05, 3.63) is 91.6 Å². The van der Waals surface area contributed by atoms with Crippen LogP contribution in [-0.4, -0.2) is 41.6 Å². The first-order chi connectivity index (χ1) is 16.0. The third-order valence-electron chi connectivity index (χ3n) is 4.90. The van der Waals surface area contributed by atoms with E-state index < -0.39 is 33.4 Å². The number of H-pyrrole nitrogens is 1. The van der Waals surface area contributed by atoms with Crippen LogP contribution in [0.4, 0.5) is 4.79 Å². The normalized spacial score (nSPS) is 11.1. The van der Waals surface area contributed by atoms with Crippen molar-refractivity contribution in [2.24, 2.45) is 0 Å². The Bertz CT molecular complexity index is 1450. The van der Waals surface area contributed by atoms with Crippen molar-refractivity contribution in [3.63, 3.8) is 0 Å². The quantitative estimate of drug-likeness (QED) is 0.287. The Kier molecular flexibility index (Phi) is 7.13. The molecule has 1 heterocycles. The van der Waals surface area contributed by atoms with E-state index in [4.69, 9.17) is 9.29 Å². The SMILES string of the molecule is COC(=O)Oc1[nH]c(=O)n(Cc2ccc(C(C)=O)cc2)c(=O)c1Cc1ccc(S(=O)(=O)O)cc1. The number of carbonyl (C=O) groups is 2. The number of ketones is 1. The fourth-order valence-corrected chi connectivity index (χ4v) is 3.59. The molecule has 0 aliphatic heterocycles. The Labute approximate surface area is 193 Å². The Morgan fingerprint density at radius 3 is 2.12 bits per heavy atom. The minimum atomic E-state index is -4.40. The number of hydrogen-bond acceptors (Lipinski definition) is 8. The van der Waals surface area contributed by atoms with Gasteiger partial charge in [0.1, 0.15) is 0 Å². The molecule has 3 rings (SSSR count). The van der Waals surface area contributed by atoms with Gasteiger partial charge in [-0.3, -0.25) is 23.7 Å². The number of hydrogen-bond donors (Lipinski definition) is 2. The number of ether oxygens (including phenoxy) is 2. The van der Waals surface area contributed by atoms with Gasteiger partial charge in [0.05, 0.1) is 24.1 Å². The summed E-state index contributed by atoms with van der Waals surface area (Å²) in [6, 6.07) is 11.4. The highest BCUT2D eigenvalue weighted by atomic mass is 32.2. The van der Waals surface area contributed by atoms with Gasteiger partial charge >= 0.3 is 11.8 Å². The zero-order chi connectivity index (χ0) is 25.0. The van der Waals surface area contributed by atoms with Crippen molar-refractivity contribution in [1.82, 2.24) is 9.55 Å². The summed E-state index contributed by atoms with van der Waals surface area (Å²) < 4.78 is 41.9. The van der Waals surface area contributed by atoms with Crippen LogP contribution >= 0.6 is 0 Å². The van der Waals surface area contributed by atoms with Crippen LogP contribution in [-0.2, 0) is 27.8 Å². The summed E-state index contributed by atoms with van der Waals surface area (Å²) in [7, 11) is -3.35. The van der Waals surface area contributed by atoms with Gasteiger partial charge in [0, 0.05) is 12.0 Å². The number of rotatable bonds is 7. The number of methoxy groups -OCH3 is 1. The molecule has 2 N–H and O–H groups in total. The van der Waals surface area contributed by atoms with E-state index in [0.717, 1.165) is 23.8 Å². The highest BCUT2D eigenvalue weighted by Crippen LogP contribution is 2.18. The zero-order valence-electron chi connectivity index (χ0n) is 18.1. The van der Waals surface area contributed by atoms with Crippen LogP contribution in [0.25, 0.3) is 0 Å². The third kappa shape index (κ3) is 5.66. The van der Waals surface area contributed by atoms with Crippen LogP contribution < -0.4 is 16.0 Å². The largest absolute Gasteiger partial charge is 0.514 e. The second-order valence-electron chi connectivity index (χ2n) is 7.23. The van der Waals surface area contributed by atoms with Gasteiger partial charge < -0.3 is 9.47 Å². The standard InChI is InChI=1S/C22H20N2O9S/c1-13(25)16-7-3-15(4-8-16)12-24-20(26)18(19(23-21(24)27)33-22(28)32-2)11-14-5-9-17(10-6-14)34(29,30)31/h3-10H,11-12H2,1-2H3,(H,23,27)(H,29,30,31). The van der Waals surface area contributed by atoms with E-state index in [-0.39, 0.29) is 29.2 Å². The van der Waals surface area contributed by atoms with Crippen molar-refractivity contribution < 1.29 is 32.0 Å². The molecule has 0 aliphatic rings. The number of carbonyl (C=O) groups excluding carboxylic acids is 2. The number of aromatic nitrogens is 2. The summed E-state index contributed by atoms with van der Waals surface area (Å²) in [5, 5.41) is 0. The van der Waals surface area contributed by atoms with Gasteiger partial charge in [0.25, 0.3) is 15.7 Å². The predicted octanol–water partition coefficient (Wildman–Crippen LogP) is 1.77. The summed E-state index contributed by atoms with van der Waals surface area (Å²) in [5.41, 5.74) is -0.209. The first kappa shape index (κ1) is 24.6. The minimum absolute atomic E-state index is 0.0926. The molecule has 0 saturated carbocycles. The fourth-order valence-electron chi connectivity index (χ4n) is 3.11. The van der Waals surface area contributed by atoms with Crippen LogP contribution in [0.2, 0.25) is 0 Å². The second kappa shape index (κ2) is 9.85. The first-order valence-electron chi connectivity index (χ1n) is 9.77. The highest BCUT2D eigenvalue weighted by molar-refractivity contribution is 7.85. The Hall–Kier alpha value is -4.03. The molecule has 0 radical (unpaired) electrons. The van der Waals surface area contributed by atoms with Crippen LogP contribution in [0.3, 0.4) is 0 Å². The molecule has 0 bridgehead atoms. The average molecular weight is 488 g/mol. The molecule has 3 aromatic rings. The summed E-state index contributed by atoms with van der Waals surface area (Å²) in [4.78, 5) is 50.9. The Morgan fingerprint density at radius 1 is 1.00 bits per heavy atom. The van der Waals surface area contributed by atoms with E-state index >= 15 is 0 Å². The number of nitrogens with zero attached hydrogens (tertiary/aromatic N) is 1. The summed E-state index contributed by atoms with van der Waals surface area (Å²) in [5.74, 6) is -0.544. The van der Waals surface area contributed by atoms with E-state index in [1.165, 1.54) is 19.1 Å². The Morgan fingerprint density at radius 2 is 1.59 bits per heavy atom. The van der Waals surface area contributed by atoms with Crippen LogP contribution in [0.15, 0.2) is 63.0 Å². The maximum Gasteiger partial charge on any atom is 0.514 e. The maximum absolute atomic E-state index is 13.2. The molecule has 12 heteroatoms. The summed E-state index contributed by atoms with van der Waals surface area (Å²) in [6.45, 7) is 1.29. The minimum Gasteiger partial charge on any atom is -0.437 e. The number of Topliss-reactive ketones (excluding diaryl/α,β-unsaturated/α-hetero) is 1. The van der Waals surface area contributed by atoms with Crippen molar-refractivity contribution in [3.8, 4) is 5.88 Å². The Balaban J connectivity index is 2.04. The van der Waals surface area contributed by atoms with Gasteiger partial charge in [-0.2, -0.15) is 8.42 Å².